The maximum absolute atomic E-state index is 12.6. The van der Waals surface area contributed by atoms with Crippen LogP contribution in [0.15, 0.2) is 6.33 Å². The Kier molecular flexibility index (Phi) is 6.12. The van der Waals surface area contributed by atoms with Crippen LogP contribution in [0.4, 0.5) is 16.2 Å². The van der Waals surface area contributed by atoms with Crippen LogP contribution in [0.3, 0.4) is 0 Å². The van der Waals surface area contributed by atoms with Crippen LogP contribution >= 0.6 is 9.24 Å². The van der Waals surface area contributed by atoms with Crippen molar-refractivity contribution in [3.05, 3.63) is 6.33 Å². The number of anilines is 2. The second-order valence-corrected chi connectivity index (χ2v) is 5.65. The summed E-state index contributed by atoms with van der Waals surface area (Å²) in [6.07, 6.45) is 1.33. The maximum Gasteiger partial charge on any atom is 0.243 e. The molecule has 0 saturated heterocycles. The van der Waals surface area contributed by atoms with Gasteiger partial charge in [-0.1, -0.05) is 9.24 Å². The number of rotatable bonds is 8. The highest BCUT2D eigenvalue weighted by molar-refractivity contribution is 7.40. The molecule has 11 nitrogen and oxygen atoms in total. The standard InChI is InChI=1S/C12H18FN8O3P/c13-17-1-2-21(6(4-22)11(24)25)7(23)3-20-5-16-8-9(14)18-12(15)19-10(8)20/h5-6,17,22H,1-4,25H2,(H4,14,15,18,19). The van der Waals surface area contributed by atoms with Gasteiger partial charge in [0.1, 0.15) is 18.1 Å². The van der Waals surface area contributed by atoms with Gasteiger partial charge in [0.05, 0.1) is 12.9 Å². The van der Waals surface area contributed by atoms with Gasteiger partial charge in [0.2, 0.25) is 11.9 Å². The quantitative estimate of drug-likeness (QED) is 0.304. The zero-order valence-corrected chi connectivity index (χ0v) is 14.2. The minimum absolute atomic E-state index is 0.0700. The number of fused-ring (bicyclic) bond motifs is 1. The van der Waals surface area contributed by atoms with Gasteiger partial charge in [0.25, 0.3) is 0 Å². The SMILES string of the molecule is Nc1nc(N)c2ncn(CC(=O)N(CCNF)C(CO)C(=O)P)c2n1. The average molecular weight is 372 g/mol. The van der Waals surface area contributed by atoms with Crippen molar-refractivity contribution in [2.45, 2.75) is 12.6 Å². The van der Waals surface area contributed by atoms with E-state index in [1.807, 2.05) is 9.24 Å². The molecule has 0 fully saturated rings. The number of nitrogens with two attached hydrogens (primary N) is 2. The van der Waals surface area contributed by atoms with E-state index in [0.29, 0.717) is 0 Å². The fraction of sp³-hybridized carbons (Fsp3) is 0.417. The highest BCUT2D eigenvalue weighted by atomic mass is 31.0. The lowest BCUT2D eigenvalue weighted by Crippen LogP contribution is -2.49. The lowest BCUT2D eigenvalue weighted by atomic mass is 10.2. The normalized spacial score (nSPS) is 12.3. The minimum atomic E-state index is -1.11. The Morgan fingerprint density at radius 2 is 2.16 bits per heavy atom. The molecule has 0 aliphatic heterocycles. The number of hydrogen-bond donors (Lipinski definition) is 4. The Balaban J connectivity index is 2.30. The molecule has 0 radical (unpaired) electrons. The lowest BCUT2D eigenvalue weighted by molar-refractivity contribution is -0.139. The van der Waals surface area contributed by atoms with E-state index in [2.05, 4.69) is 15.0 Å². The van der Waals surface area contributed by atoms with Crippen LogP contribution in [-0.2, 0) is 16.1 Å². The van der Waals surface area contributed by atoms with E-state index in [1.165, 1.54) is 16.4 Å². The predicted molar refractivity (Wildman–Crippen MR) is 90.6 cm³/mol. The molecule has 0 bridgehead atoms. The van der Waals surface area contributed by atoms with E-state index < -0.39 is 24.1 Å². The second kappa shape index (κ2) is 8.10. The first-order valence-corrected chi connectivity index (χ1v) is 7.73. The van der Waals surface area contributed by atoms with Crippen molar-refractivity contribution >= 4 is 43.6 Å². The first-order valence-electron chi connectivity index (χ1n) is 7.16. The summed E-state index contributed by atoms with van der Waals surface area (Å²) < 4.78 is 13.6. The van der Waals surface area contributed by atoms with Crippen LogP contribution in [0.5, 0.6) is 0 Å². The monoisotopic (exact) mass is 372 g/mol. The van der Waals surface area contributed by atoms with E-state index in [-0.39, 0.29) is 42.6 Å². The molecule has 0 spiro atoms. The van der Waals surface area contributed by atoms with Gasteiger partial charge < -0.3 is 26.0 Å². The van der Waals surface area contributed by atoms with Crippen LogP contribution in [0.2, 0.25) is 0 Å². The number of nitrogen functional groups attached to an aromatic ring is 2. The molecule has 25 heavy (non-hydrogen) atoms. The predicted octanol–water partition coefficient (Wildman–Crippen LogP) is -1.94. The number of halogens is 1. The highest BCUT2D eigenvalue weighted by Crippen LogP contribution is 2.17. The van der Waals surface area contributed by atoms with E-state index in [1.54, 1.807) is 0 Å². The number of hydrogen-bond acceptors (Lipinski definition) is 9. The highest BCUT2D eigenvalue weighted by Gasteiger charge is 2.27. The Labute approximate surface area is 143 Å². The van der Waals surface area contributed by atoms with E-state index >= 15 is 0 Å². The minimum Gasteiger partial charge on any atom is -0.394 e. The molecule has 0 aromatic carbocycles. The molecule has 136 valence electrons. The molecule has 0 aliphatic carbocycles. The summed E-state index contributed by atoms with van der Waals surface area (Å²) >= 11 is 0. The van der Waals surface area contributed by atoms with Crippen LogP contribution in [0.25, 0.3) is 11.2 Å². The maximum atomic E-state index is 12.6. The summed E-state index contributed by atoms with van der Waals surface area (Å²) in [6.45, 7) is -1.17. The zero-order valence-electron chi connectivity index (χ0n) is 13.1. The molecule has 2 atom stereocenters. The Morgan fingerprint density at radius 3 is 2.76 bits per heavy atom. The molecule has 0 aliphatic rings. The summed E-state index contributed by atoms with van der Waals surface area (Å²) in [5.74, 6) is -0.549. The summed E-state index contributed by atoms with van der Waals surface area (Å²) in [6, 6.07) is -1.11. The molecule has 2 heterocycles. The van der Waals surface area contributed by atoms with Crippen molar-refractivity contribution in [2.24, 2.45) is 0 Å². The van der Waals surface area contributed by atoms with Gasteiger partial charge in [-0.25, -0.2) is 4.98 Å². The number of carbonyl (C=O) groups is 2. The van der Waals surface area contributed by atoms with Gasteiger partial charge >= 0.3 is 0 Å². The van der Waals surface area contributed by atoms with Gasteiger partial charge in [0.15, 0.2) is 17.0 Å². The molecule has 13 heteroatoms. The van der Waals surface area contributed by atoms with Crippen molar-refractivity contribution in [1.82, 2.24) is 30.0 Å². The van der Waals surface area contributed by atoms with Crippen molar-refractivity contribution in [2.75, 3.05) is 31.2 Å². The average Bonchev–Trinajstić information content (AvgIpc) is 2.94. The van der Waals surface area contributed by atoms with Crippen LogP contribution in [-0.4, -0.2) is 66.7 Å². The number of carbonyl (C=O) groups excluding carboxylic acids is 2. The van der Waals surface area contributed by atoms with Gasteiger partial charge in [0, 0.05) is 13.1 Å². The lowest BCUT2D eigenvalue weighted by Gasteiger charge is -2.28. The number of aliphatic hydroxyl groups is 1. The van der Waals surface area contributed by atoms with Gasteiger partial charge in [-0.15, -0.1) is 4.48 Å². The summed E-state index contributed by atoms with van der Waals surface area (Å²) in [7, 11) is 1.90. The van der Waals surface area contributed by atoms with E-state index in [9.17, 15) is 19.2 Å². The fourth-order valence-electron chi connectivity index (χ4n) is 2.30. The molecule has 2 aromatic rings. The van der Waals surface area contributed by atoms with Gasteiger partial charge in [-0.05, 0) is 0 Å². The van der Waals surface area contributed by atoms with E-state index in [4.69, 9.17) is 11.5 Å². The smallest absolute Gasteiger partial charge is 0.243 e. The number of aliphatic hydroxyl groups excluding tert-OH is 1. The first-order chi connectivity index (χ1) is 11.9. The molecule has 2 aromatic heterocycles. The van der Waals surface area contributed by atoms with Crippen LogP contribution in [0.1, 0.15) is 0 Å². The van der Waals surface area contributed by atoms with Crippen molar-refractivity contribution < 1.29 is 19.2 Å². The first kappa shape index (κ1) is 18.9. The summed E-state index contributed by atoms with van der Waals surface area (Å²) in [5, 5.41) is 9.37. The summed E-state index contributed by atoms with van der Waals surface area (Å²) in [5.41, 5.74) is 12.7. The molecule has 1 amide bonds. The number of aromatic nitrogens is 4. The summed E-state index contributed by atoms with van der Waals surface area (Å²) in [4.78, 5) is 37.1. The molecule has 2 unspecified atom stereocenters. The van der Waals surface area contributed by atoms with Gasteiger partial charge in [-0.3, -0.25) is 9.59 Å². The number of nitrogens with one attached hydrogen (secondary N) is 1. The molecule has 2 rings (SSSR count). The Hall–Kier alpha value is -2.43. The third-order valence-electron chi connectivity index (χ3n) is 3.46. The van der Waals surface area contributed by atoms with Crippen LogP contribution in [0, 0.1) is 0 Å². The van der Waals surface area contributed by atoms with Gasteiger partial charge in [-0.2, -0.15) is 15.5 Å². The van der Waals surface area contributed by atoms with Crippen molar-refractivity contribution in [3.8, 4) is 0 Å². The largest absolute Gasteiger partial charge is 0.394 e. The second-order valence-electron chi connectivity index (χ2n) is 5.08. The van der Waals surface area contributed by atoms with E-state index in [0.717, 1.165) is 4.90 Å². The third-order valence-corrected chi connectivity index (χ3v) is 3.84. The Morgan fingerprint density at radius 1 is 1.44 bits per heavy atom. The fourth-order valence-corrected chi connectivity index (χ4v) is 2.58. The molecular weight excluding hydrogens is 354 g/mol. The molecule has 0 saturated carbocycles. The molecular formula is C12H18FN8O3P. The van der Waals surface area contributed by atoms with Crippen molar-refractivity contribution in [3.63, 3.8) is 0 Å². The topological polar surface area (TPSA) is 165 Å². The third kappa shape index (κ3) is 4.16. The molecule has 6 N–H and O–H groups in total. The van der Waals surface area contributed by atoms with Crippen molar-refractivity contribution in [1.29, 1.82) is 0 Å². The number of nitrogens with zero attached hydrogens (tertiary/aromatic N) is 5. The number of amides is 1. The zero-order chi connectivity index (χ0) is 18.6. The Bertz CT molecular complexity index is 785. The van der Waals surface area contributed by atoms with Crippen LogP contribution < -0.4 is 17.0 Å². The number of imidazole rings is 1.